The van der Waals surface area contributed by atoms with Crippen LogP contribution < -0.4 is 10.1 Å². The SMILES string of the molecule is CCN(CC)CCOc1cccc(NC(=O)c2cncc3[nH]ccc23)c1. The predicted molar refractivity (Wildman–Crippen MR) is 104 cm³/mol. The number of hydrogen-bond donors (Lipinski definition) is 2. The number of likely N-dealkylation sites (N-methyl/N-ethyl adjacent to an activating group) is 1. The molecule has 0 radical (unpaired) electrons. The molecule has 0 aliphatic carbocycles. The van der Waals surface area contributed by atoms with Crippen molar-refractivity contribution in [3.63, 3.8) is 0 Å². The average molecular weight is 352 g/mol. The van der Waals surface area contributed by atoms with E-state index < -0.39 is 0 Å². The molecule has 2 heterocycles. The summed E-state index contributed by atoms with van der Waals surface area (Å²) in [5.74, 6) is 0.552. The van der Waals surface area contributed by atoms with Crippen molar-refractivity contribution >= 4 is 22.5 Å². The number of fused-ring (bicyclic) bond motifs is 1. The molecule has 0 saturated carbocycles. The van der Waals surface area contributed by atoms with Gasteiger partial charge in [-0.15, -0.1) is 0 Å². The molecule has 0 aliphatic heterocycles. The number of aromatic nitrogens is 2. The number of aromatic amines is 1. The summed E-state index contributed by atoms with van der Waals surface area (Å²) in [6.45, 7) is 7.79. The van der Waals surface area contributed by atoms with Crippen LogP contribution >= 0.6 is 0 Å². The second-order valence-corrected chi connectivity index (χ2v) is 5.98. The van der Waals surface area contributed by atoms with Gasteiger partial charge >= 0.3 is 0 Å². The third-order valence-corrected chi connectivity index (χ3v) is 4.38. The average Bonchev–Trinajstić information content (AvgIpc) is 3.14. The monoisotopic (exact) mass is 352 g/mol. The lowest BCUT2D eigenvalue weighted by atomic mass is 10.1. The summed E-state index contributed by atoms with van der Waals surface area (Å²) < 4.78 is 5.82. The van der Waals surface area contributed by atoms with Crippen LogP contribution in [-0.2, 0) is 0 Å². The van der Waals surface area contributed by atoms with Crippen molar-refractivity contribution in [3.8, 4) is 5.75 Å². The lowest BCUT2D eigenvalue weighted by Crippen LogP contribution is -2.27. The molecule has 6 heteroatoms. The molecule has 6 nitrogen and oxygen atoms in total. The lowest BCUT2D eigenvalue weighted by Gasteiger charge is -2.18. The molecule has 26 heavy (non-hydrogen) atoms. The zero-order chi connectivity index (χ0) is 18.4. The lowest BCUT2D eigenvalue weighted by molar-refractivity contribution is 0.102. The number of amides is 1. The van der Waals surface area contributed by atoms with Gasteiger partial charge in [-0.3, -0.25) is 9.78 Å². The highest BCUT2D eigenvalue weighted by Gasteiger charge is 2.12. The summed E-state index contributed by atoms with van der Waals surface area (Å²) in [5.41, 5.74) is 2.07. The van der Waals surface area contributed by atoms with Gasteiger partial charge in [0.05, 0.1) is 17.3 Å². The van der Waals surface area contributed by atoms with E-state index in [4.69, 9.17) is 4.74 Å². The first kappa shape index (κ1) is 17.9. The second-order valence-electron chi connectivity index (χ2n) is 5.98. The highest BCUT2D eigenvalue weighted by atomic mass is 16.5. The summed E-state index contributed by atoms with van der Waals surface area (Å²) in [4.78, 5) is 22.1. The number of H-pyrrole nitrogens is 1. The first-order valence-electron chi connectivity index (χ1n) is 8.89. The Kier molecular flexibility index (Phi) is 5.86. The molecule has 0 atom stereocenters. The number of nitrogens with one attached hydrogen (secondary N) is 2. The number of hydrogen-bond acceptors (Lipinski definition) is 4. The number of benzene rings is 1. The van der Waals surface area contributed by atoms with E-state index >= 15 is 0 Å². The summed E-state index contributed by atoms with van der Waals surface area (Å²) in [6.07, 6.45) is 5.08. The van der Waals surface area contributed by atoms with Gasteiger partial charge in [-0.25, -0.2) is 0 Å². The van der Waals surface area contributed by atoms with E-state index in [0.717, 1.165) is 36.3 Å². The minimum atomic E-state index is -0.192. The van der Waals surface area contributed by atoms with Crippen molar-refractivity contribution in [2.45, 2.75) is 13.8 Å². The van der Waals surface area contributed by atoms with E-state index in [1.807, 2.05) is 30.3 Å². The van der Waals surface area contributed by atoms with Crippen molar-refractivity contribution < 1.29 is 9.53 Å². The van der Waals surface area contributed by atoms with E-state index in [1.165, 1.54) is 0 Å². The highest BCUT2D eigenvalue weighted by molar-refractivity contribution is 6.12. The smallest absolute Gasteiger partial charge is 0.257 e. The number of carbonyl (C=O) groups excluding carboxylic acids is 1. The van der Waals surface area contributed by atoms with Gasteiger partial charge in [-0.05, 0) is 31.3 Å². The van der Waals surface area contributed by atoms with Crippen LogP contribution in [-0.4, -0.2) is 47.0 Å². The molecule has 0 aliphatic rings. The van der Waals surface area contributed by atoms with Crippen molar-refractivity contribution in [2.24, 2.45) is 0 Å². The Morgan fingerprint density at radius 2 is 2.08 bits per heavy atom. The van der Waals surface area contributed by atoms with Crippen LogP contribution in [0.3, 0.4) is 0 Å². The van der Waals surface area contributed by atoms with Crippen molar-refractivity contribution in [1.82, 2.24) is 14.9 Å². The van der Waals surface area contributed by atoms with Gasteiger partial charge in [0.15, 0.2) is 0 Å². The maximum atomic E-state index is 12.6. The van der Waals surface area contributed by atoms with Crippen LogP contribution in [0, 0.1) is 0 Å². The molecule has 3 aromatic rings. The molecular weight excluding hydrogens is 328 g/mol. The maximum absolute atomic E-state index is 12.6. The van der Waals surface area contributed by atoms with Crippen molar-refractivity contribution in [3.05, 3.63) is 54.5 Å². The van der Waals surface area contributed by atoms with Gasteiger partial charge in [-0.1, -0.05) is 19.9 Å². The van der Waals surface area contributed by atoms with Crippen LogP contribution in [0.15, 0.2) is 48.9 Å². The minimum absolute atomic E-state index is 0.192. The Morgan fingerprint density at radius 1 is 1.23 bits per heavy atom. The fraction of sp³-hybridized carbons (Fsp3) is 0.300. The molecule has 136 valence electrons. The maximum Gasteiger partial charge on any atom is 0.257 e. The molecular formula is C20H24N4O2. The fourth-order valence-corrected chi connectivity index (χ4v) is 2.86. The molecule has 0 saturated heterocycles. The Bertz CT molecular complexity index is 871. The van der Waals surface area contributed by atoms with E-state index in [0.29, 0.717) is 17.9 Å². The predicted octanol–water partition coefficient (Wildman–Crippen LogP) is 3.54. The summed E-state index contributed by atoms with van der Waals surface area (Å²) in [6, 6.07) is 9.33. The fourth-order valence-electron chi connectivity index (χ4n) is 2.86. The molecule has 1 aromatic carbocycles. The number of nitrogens with zero attached hydrogens (tertiary/aromatic N) is 2. The topological polar surface area (TPSA) is 70.2 Å². The molecule has 1 amide bonds. The number of pyridine rings is 1. The van der Waals surface area contributed by atoms with Gasteiger partial charge in [0.2, 0.25) is 0 Å². The van der Waals surface area contributed by atoms with Gasteiger partial charge in [0.25, 0.3) is 5.91 Å². The molecule has 0 fully saturated rings. The first-order chi connectivity index (χ1) is 12.7. The van der Waals surface area contributed by atoms with E-state index in [2.05, 4.69) is 34.0 Å². The normalized spacial score (nSPS) is 11.0. The first-order valence-corrected chi connectivity index (χ1v) is 8.89. The van der Waals surface area contributed by atoms with E-state index in [1.54, 1.807) is 18.6 Å². The van der Waals surface area contributed by atoms with Crippen molar-refractivity contribution in [1.29, 1.82) is 0 Å². The van der Waals surface area contributed by atoms with Gasteiger partial charge in [0, 0.05) is 36.1 Å². The van der Waals surface area contributed by atoms with E-state index in [9.17, 15) is 4.79 Å². The number of ether oxygens (including phenoxy) is 1. The quantitative estimate of drug-likeness (QED) is 0.651. The molecule has 0 bridgehead atoms. The molecule has 0 unspecified atom stereocenters. The Hall–Kier alpha value is -2.86. The number of rotatable bonds is 8. The number of anilines is 1. The zero-order valence-corrected chi connectivity index (χ0v) is 15.2. The Labute approximate surface area is 153 Å². The minimum Gasteiger partial charge on any atom is -0.492 e. The van der Waals surface area contributed by atoms with Crippen LogP contribution in [0.1, 0.15) is 24.2 Å². The summed E-state index contributed by atoms with van der Waals surface area (Å²) in [5, 5.41) is 3.77. The van der Waals surface area contributed by atoms with E-state index in [-0.39, 0.29) is 5.91 Å². The summed E-state index contributed by atoms with van der Waals surface area (Å²) in [7, 11) is 0. The number of carbonyl (C=O) groups is 1. The van der Waals surface area contributed by atoms with Gasteiger partial charge in [-0.2, -0.15) is 0 Å². The molecule has 3 rings (SSSR count). The molecule has 2 N–H and O–H groups in total. The standard InChI is InChI=1S/C20H24N4O2/c1-3-24(4-2)10-11-26-16-7-5-6-15(12-16)23-20(25)18-13-21-14-19-17(18)8-9-22-19/h5-9,12-14,22H,3-4,10-11H2,1-2H3,(H,23,25). The van der Waals surface area contributed by atoms with Gasteiger partial charge in [0.1, 0.15) is 12.4 Å². The van der Waals surface area contributed by atoms with Crippen molar-refractivity contribution in [2.75, 3.05) is 31.6 Å². The summed E-state index contributed by atoms with van der Waals surface area (Å²) >= 11 is 0. The third kappa shape index (κ3) is 4.21. The second kappa shape index (κ2) is 8.49. The van der Waals surface area contributed by atoms with Crippen LogP contribution in [0.4, 0.5) is 5.69 Å². The highest BCUT2D eigenvalue weighted by Crippen LogP contribution is 2.20. The Balaban J connectivity index is 1.65. The Morgan fingerprint density at radius 3 is 2.88 bits per heavy atom. The molecule has 0 spiro atoms. The van der Waals surface area contributed by atoms with Crippen LogP contribution in [0.25, 0.3) is 10.9 Å². The van der Waals surface area contributed by atoms with Gasteiger partial charge < -0.3 is 19.9 Å². The van der Waals surface area contributed by atoms with Crippen LogP contribution in [0.2, 0.25) is 0 Å². The third-order valence-electron chi connectivity index (χ3n) is 4.38. The molecule has 2 aromatic heterocycles. The zero-order valence-electron chi connectivity index (χ0n) is 15.2. The van der Waals surface area contributed by atoms with Crippen LogP contribution in [0.5, 0.6) is 5.75 Å². The largest absolute Gasteiger partial charge is 0.492 e.